The number of halogens is 1. The van der Waals surface area contributed by atoms with E-state index in [0.29, 0.717) is 34.2 Å². The zero-order chi connectivity index (χ0) is 20.5. The van der Waals surface area contributed by atoms with Crippen LogP contribution in [0.3, 0.4) is 0 Å². The van der Waals surface area contributed by atoms with Crippen LogP contribution in [0.2, 0.25) is 5.02 Å². The Balaban J connectivity index is 2.16. The summed E-state index contributed by atoms with van der Waals surface area (Å²) in [4.78, 5) is 24.1. The number of amides is 1. The summed E-state index contributed by atoms with van der Waals surface area (Å²) < 4.78 is 10.3. The van der Waals surface area contributed by atoms with E-state index in [9.17, 15) is 14.9 Å². The van der Waals surface area contributed by atoms with Crippen molar-refractivity contribution < 1.29 is 19.1 Å². The Bertz CT molecular complexity index is 930. The number of anilines is 1. The van der Waals surface area contributed by atoms with Crippen LogP contribution in [0.1, 0.15) is 29.8 Å². The van der Waals surface area contributed by atoms with Crippen molar-refractivity contribution >= 4 is 35.2 Å². The zero-order valence-electron chi connectivity index (χ0n) is 15.5. The summed E-state index contributed by atoms with van der Waals surface area (Å²) in [6.45, 7) is 4.32. The molecule has 0 aliphatic carbocycles. The van der Waals surface area contributed by atoms with Crippen molar-refractivity contribution in [2.45, 2.75) is 13.8 Å². The van der Waals surface area contributed by atoms with Gasteiger partial charge in [0, 0.05) is 10.7 Å². The van der Waals surface area contributed by atoms with Crippen molar-refractivity contribution in [3.05, 3.63) is 64.2 Å². The van der Waals surface area contributed by atoms with Gasteiger partial charge in [0.05, 0.1) is 18.8 Å². The molecule has 6 nitrogen and oxygen atoms in total. The fraction of sp³-hybridized carbons (Fsp3) is 0.190. The Labute approximate surface area is 168 Å². The quantitative estimate of drug-likeness (QED) is 0.422. The van der Waals surface area contributed by atoms with Gasteiger partial charge in [0.2, 0.25) is 0 Å². The highest BCUT2D eigenvalue weighted by atomic mass is 35.5. The summed E-state index contributed by atoms with van der Waals surface area (Å²) in [6, 6.07) is 13.0. The molecule has 2 rings (SSSR count). The number of hydrogen-bond acceptors (Lipinski definition) is 5. The summed E-state index contributed by atoms with van der Waals surface area (Å²) in [5, 5.41) is 12.4. The van der Waals surface area contributed by atoms with Crippen LogP contribution in [-0.2, 0) is 9.53 Å². The maximum Gasteiger partial charge on any atom is 0.338 e. The molecule has 2 aromatic rings. The number of nitrogens with zero attached hydrogens (tertiary/aromatic N) is 1. The van der Waals surface area contributed by atoms with Gasteiger partial charge >= 0.3 is 5.97 Å². The highest BCUT2D eigenvalue weighted by Crippen LogP contribution is 2.23. The predicted octanol–water partition coefficient (Wildman–Crippen LogP) is 4.46. The van der Waals surface area contributed by atoms with Crippen molar-refractivity contribution in [2.75, 3.05) is 18.5 Å². The SMILES string of the molecule is CCOC(=O)c1ccc(NC(=O)/C(C#N)=C/c2cc(Cl)cc(OCC)c2)cc1. The number of nitrogens with one attached hydrogen (secondary N) is 1. The average Bonchev–Trinajstić information content (AvgIpc) is 2.66. The number of nitriles is 1. The summed E-state index contributed by atoms with van der Waals surface area (Å²) in [6.07, 6.45) is 1.43. The van der Waals surface area contributed by atoms with Crippen LogP contribution in [0.25, 0.3) is 6.08 Å². The molecule has 7 heteroatoms. The fourth-order valence-corrected chi connectivity index (χ4v) is 2.57. The van der Waals surface area contributed by atoms with Gasteiger partial charge in [-0.05, 0) is 68.0 Å². The van der Waals surface area contributed by atoms with Gasteiger partial charge in [-0.2, -0.15) is 5.26 Å². The average molecular weight is 399 g/mol. The number of rotatable bonds is 7. The minimum absolute atomic E-state index is 0.0980. The molecule has 0 fully saturated rings. The molecule has 2 aromatic carbocycles. The zero-order valence-corrected chi connectivity index (χ0v) is 16.2. The number of esters is 1. The summed E-state index contributed by atoms with van der Waals surface area (Å²) in [5.74, 6) is -0.470. The van der Waals surface area contributed by atoms with Crippen LogP contribution in [0.5, 0.6) is 5.75 Å². The molecule has 0 unspecified atom stereocenters. The Hall–Kier alpha value is -3.30. The molecule has 0 aliphatic heterocycles. The first-order valence-corrected chi connectivity index (χ1v) is 8.98. The van der Waals surface area contributed by atoms with E-state index in [1.54, 1.807) is 37.3 Å². The first-order valence-electron chi connectivity index (χ1n) is 8.60. The largest absolute Gasteiger partial charge is 0.494 e. The molecule has 144 valence electrons. The number of carbonyl (C=O) groups excluding carboxylic acids is 2. The lowest BCUT2D eigenvalue weighted by molar-refractivity contribution is -0.112. The number of hydrogen-bond donors (Lipinski definition) is 1. The maximum absolute atomic E-state index is 12.4. The Kier molecular flexibility index (Phi) is 7.61. The van der Waals surface area contributed by atoms with E-state index in [-0.39, 0.29) is 12.2 Å². The van der Waals surface area contributed by atoms with Gasteiger partial charge in [-0.15, -0.1) is 0 Å². The third-order valence-electron chi connectivity index (χ3n) is 3.53. The number of ether oxygens (including phenoxy) is 2. The van der Waals surface area contributed by atoms with Gasteiger partial charge in [-0.1, -0.05) is 11.6 Å². The monoisotopic (exact) mass is 398 g/mol. The third kappa shape index (κ3) is 5.86. The topological polar surface area (TPSA) is 88.4 Å². The van der Waals surface area contributed by atoms with Crippen LogP contribution in [0, 0.1) is 11.3 Å². The smallest absolute Gasteiger partial charge is 0.338 e. The Morgan fingerprint density at radius 1 is 1.14 bits per heavy atom. The number of benzene rings is 2. The van der Waals surface area contributed by atoms with E-state index in [0.717, 1.165) is 0 Å². The molecule has 0 aliphatic rings. The molecule has 0 spiro atoms. The van der Waals surface area contributed by atoms with E-state index in [1.807, 2.05) is 13.0 Å². The molecule has 0 heterocycles. The molecule has 1 amide bonds. The summed E-state index contributed by atoms with van der Waals surface area (Å²) >= 11 is 6.05. The van der Waals surface area contributed by atoms with E-state index < -0.39 is 11.9 Å². The second-order valence-corrected chi connectivity index (χ2v) is 6.01. The molecule has 0 radical (unpaired) electrons. The lowest BCUT2D eigenvalue weighted by Crippen LogP contribution is -2.13. The first kappa shape index (κ1) is 21.0. The standard InChI is InChI=1S/C21H19ClN2O4/c1-3-27-19-11-14(10-17(22)12-19)9-16(13-23)20(25)24-18-7-5-15(6-8-18)21(26)28-4-2/h5-12H,3-4H2,1-2H3,(H,24,25)/b16-9+. The maximum atomic E-state index is 12.4. The highest BCUT2D eigenvalue weighted by molar-refractivity contribution is 6.30. The molecule has 0 atom stereocenters. The molecule has 0 saturated carbocycles. The van der Waals surface area contributed by atoms with Gasteiger partial charge in [0.25, 0.3) is 5.91 Å². The van der Waals surface area contributed by atoms with E-state index in [4.69, 9.17) is 21.1 Å². The Morgan fingerprint density at radius 3 is 2.46 bits per heavy atom. The fourth-order valence-electron chi connectivity index (χ4n) is 2.34. The first-order chi connectivity index (χ1) is 13.5. The lowest BCUT2D eigenvalue weighted by atomic mass is 10.1. The van der Waals surface area contributed by atoms with Crippen LogP contribution >= 0.6 is 11.6 Å². The molecule has 28 heavy (non-hydrogen) atoms. The molecular weight excluding hydrogens is 380 g/mol. The van der Waals surface area contributed by atoms with Crippen molar-refractivity contribution in [2.24, 2.45) is 0 Å². The summed E-state index contributed by atoms with van der Waals surface area (Å²) in [7, 11) is 0. The summed E-state index contributed by atoms with van der Waals surface area (Å²) in [5.41, 5.74) is 1.29. The van der Waals surface area contributed by atoms with Gasteiger partial charge in [-0.3, -0.25) is 4.79 Å². The molecular formula is C21H19ClN2O4. The van der Waals surface area contributed by atoms with Crippen molar-refractivity contribution in [3.8, 4) is 11.8 Å². The van der Waals surface area contributed by atoms with E-state index in [2.05, 4.69) is 5.32 Å². The van der Waals surface area contributed by atoms with Gasteiger partial charge < -0.3 is 14.8 Å². The molecule has 0 aromatic heterocycles. The highest BCUT2D eigenvalue weighted by Gasteiger charge is 2.12. The molecule has 1 N–H and O–H groups in total. The van der Waals surface area contributed by atoms with Crippen molar-refractivity contribution in [1.29, 1.82) is 5.26 Å². The second-order valence-electron chi connectivity index (χ2n) is 5.58. The third-order valence-corrected chi connectivity index (χ3v) is 3.75. The van der Waals surface area contributed by atoms with Crippen LogP contribution < -0.4 is 10.1 Å². The van der Waals surface area contributed by atoms with Crippen LogP contribution in [-0.4, -0.2) is 25.1 Å². The van der Waals surface area contributed by atoms with E-state index >= 15 is 0 Å². The predicted molar refractivity (Wildman–Crippen MR) is 107 cm³/mol. The lowest BCUT2D eigenvalue weighted by Gasteiger charge is -2.07. The molecule has 0 bridgehead atoms. The van der Waals surface area contributed by atoms with Gasteiger partial charge in [-0.25, -0.2) is 4.79 Å². The second kappa shape index (κ2) is 10.1. The minimum Gasteiger partial charge on any atom is -0.494 e. The van der Waals surface area contributed by atoms with Crippen molar-refractivity contribution in [3.63, 3.8) is 0 Å². The van der Waals surface area contributed by atoms with Crippen LogP contribution in [0.4, 0.5) is 5.69 Å². The number of carbonyl (C=O) groups is 2. The van der Waals surface area contributed by atoms with E-state index in [1.165, 1.54) is 18.2 Å². The normalized spacial score (nSPS) is 10.7. The van der Waals surface area contributed by atoms with Crippen molar-refractivity contribution in [1.82, 2.24) is 0 Å². The molecule has 0 saturated heterocycles. The minimum atomic E-state index is -0.579. The van der Waals surface area contributed by atoms with Gasteiger partial charge in [0.1, 0.15) is 17.4 Å². The Morgan fingerprint density at radius 2 is 1.86 bits per heavy atom. The van der Waals surface area contributed by atoms with Crippen LogP contribution in [0.15, 0.2) is 48.0 Å². The van der Waals surface area contributed by atoms with Gasteiger partial charge in [0.15, 0.2) is 0 Å².